The fraction of sp³-hybridized carbons (Fsp3) is 0. The molecule has 1 aliphatic rings. The first kappa shape index (κ1) is 11.0. The van der Waals surface area contributed by atoms with Crippen molar-refractivity contribution in [3.8, 4) is 0 Å². The molecule has 18 heavy (non-hydrogen) atoms. The summed E-state index contributed by atoms with van der Waals surface area (Å²) in [6, 6.07) is 14.4. The van der Waals surface area contributed by atoms with Crippen LogP contribution in [0.25, 0.3) is 0 Å². The summed E-state index contributed by atoms with van der Waals surface area (Å²) in [5.74, 6) is -0.678. The summed E-state index contributed by atoms with van der Waals surface area (Å²) >= 11 is 5.86. The number of benzene rings is 2. The van der Waals surface area contributed by atoms with E-state index in [0.29, 0.717) is 21.8 Å². The average molecular weight is 257 g/mol. The zero-order valence-corrected chi connectivity index (χ0v) is 9.94. The van der Waals surface area contributed by atoms with E-state index in [2.05, 4.69) is 6.07 Å². The lowest BCUT2D eigenvalue weighted by atomic mass is 10.1. The third kappa shape index (κ3) is 1.52. The Morgan fingerprint density at radius 3 is 2.17 bits per heavy atom. The summed E-state index contributed by atoms with van der Waals surface area (Å²) in [7, 11) is 0. The van der Waals surface area contributed by atoms with Crippen LogP contribution in [0.3, 0.4) is 0 Å². The molecule has 0 atom stereocenters. The van der Waals surface area contributed by atoms with Crippen LogP contribution >= 0.6 is 11.6 Å². The van der Waals surface area contributed by atoms with Crippen molar-refractivity contribution >= 4 is 29.1 Å². The summed E-state index contributed by atoms with van der Waals surface area (Å²) in [4.78, 5) is 25.4. The Hall–Kier alpha value is -2.13. The second kappa shape index (κ2) is 3.96. The highest BCUT2D eigenvalue weighted by atomic mass is 35.5. The van der Waals surface area contributed by atoms with E-state index in [9.17, 15) is 9.59 Å². The molecular weight excluding hydrogens is 250 g/mol. The lowest BCUT2D eigenvalue weighted by Gasteiger charge is -2.13. The van der Waals surface area contributed by atoms with E-state index in [1.54, 1.807) is 42.5 Å². The van der Waals surface area contributed by atoms with E-state index in [1.165, 1.54) is 0 Å². The van der Waals surface area contributed by atoms with Crippen LogP contribution in [0.15, 0.2) is 42.5 Å². The lowest BCUT2D eigenvalue weighted by molar-refractivity contribution is 0.0926. The first-order chi connectivity index (χ1) is 8.68. The third-order valence-corrected chi connectivity index (χ3v) is 3.02. The van der Waals surface area contributed by atoms with Crippen LogP contribution in [0.2, 0.25) is 5.02 Å². The Kier molecular flexibility index (Phi) is 2.42. The van der Waals surface area contributed by atoms with Gasteiger partial charge in [0, 0.05) is 11.1 Å². The highest BCUT2D eigenvalue weighted by Gasteiger charge is 2.36. The van der Waals surface area contributed by atoms with E-state index in [4.69, 9.17) is 11.6 Å². The molecule has 0 aliphatic carbocycles. The van der Waals surface area contributed by atoms with E-state index >= 15 is 0 Å². The van der Waals surface area contributed by atoms with E-state index in [1.807, 2.05) is 0 Å². The maximum atomic E-state index is 12.2. The predicted octanol–water partition coefficient (Wildman–Crippen LogP) is 2.94. The number of carbonyl (C=O) groups excluding carboxylic acids is 2. The standard InChI is InChI=1S/C14H7ClNO2/c15-9-4-3-5-10(8-9)16-13(17)11-6-1-2-7-12(11)14(16)18/h1-4,6-8H. The lowest BCUT2D eigenvalue weighted by Crippen LogP contribution is -2.29. The molecule has 0 fully saturated rings. The number of halogens is 1. The summed E-state index contributed by atoms with van der Waals surface area (Å²) in [6.45, 7) is 0. The number of amides is 2. The fourth-order valence-electron chi connectivity index (χ4n) is 1.96. The number of rotatable bonds is 1. The first-order valence-electron chi connectivity index (χ1n) is 5.33. The minimum absolute atomic E-state index is 0.339. The van der Waals surface area contributed by atoms with Crippen LogP contribution in [-0.2, 0) is 0 Å². The number of imide groups is 1. The van der Waals surface area contributed by atoms with Crippen molar-refractivity contribution < 1.29 is 9.59 Å². The van der Waals surface area contributed by atoms with Crippen LogP contribution in [0.4, 0.5) is 5.69 Å². The molecule has 3 rings (SSSR count). The average Bonchev–Trinajstić information content (AvgIpc) is 2.63. The van der Waals surface area contributed by atoms with Crippen LogP contribution < -0.4 is 4.90 Å². The summed E-state index contributed by atoms with van der Waals surface area (Å²) < 4.78 is 0. The zero-order valence-electron chi connectivity index (χ0n) is 9.18. The van der Waals surface area contributed by atoms with Gasteiger partial charge in [0.05, 0.1) is 16.8 Å². The van der Waals surface area contributed by atoms with Gasteiger partial charge in [-0.1, -0.05) is 29.8 Å². The third-order valence-electron chi connectivity index (χ3n) is 2.78. The van der Waals surface area contributed by atoms with Crippen molar-refractivity contribution in [1.29, 1.82) is 0 Å². The monoisotopic (exact) mass is 256 g/mol. The van der Waals surface area contributed by atoms with Crippen LogP contribution in [0.1, 0.15) is 20.7 Å². The van der Waals surface area contributed by atoms with Gasteiger partial charge < -0.3 is 0 Å². The molecule has 0 saturated carbocycles. The minimum Gasteiger partial charge on any atom is -0.268 e. The molecule has 4 heteroatoms. The molecule has 3 nitrogen and oxygen atoms in total. The topological polar surface area (TPSA) is 37.4 Å². The largest absolute Gasteiger partial charge is 0.268 e. The van der Waals surface area contributed by atoms with Gasteiger partial charge in [-0.05, 0) is 24.3 Å². The van der Waals surface area contributed by atoms with Crippen molar-refractivity contribution in [1.82, 2.24) is 0 Å². The normalized spacial score (nSPS) is 13.9. The molecule has 0 N–H and O–H groups in total. The Balaban J connectivity index is 2.12. The minimum atomic E-state index is -0.339. The van der Waals surface area contributed by atoms with Gasteiger partial charge in [0.2, 0.25) is 0 Å². The molecule has 87 valence electrons. The molecule has 1 radical (unpaired) electrons. The van der Waals surface area contributed by atoms with Gasteiger partial charge in [0.15, 0.2) is 0 Å². The van der Waals surface area contributed by atoms with Gasteiger partial charge in [0.25, 0.3) is 11.8 Å². The second-order valence-corrected chi connectivity index (χ2v) is 4.32. The van der Waals surface area contributed by atoms with Gasteiger partial charge >= 0.3 is 0 Å². The highest BCUT2D eigenvalue weighted by molar-refractivity contribution is 6.35. The van der Waals surface area contributed by atoms with Gasteiger partial charge in [-0.15, -0.1) is 0 Å². The fourth-order valence-corrected chi connectivity index (χ4v) is 2.13. The van der Waals surface area contributed by atoms with E-state index < -0.39 is 0 Å². The zero-order chi connectivity index (χ0) is 12.7. The quantitative estimate of drug-likeness (QED) is 0.736. The molecule has 1 heterocycles. The number of fused-ring (bicyclic) bond motifs is 1. The Labute approximate surface area is 109 Å². The van der Waals surface area contributed by atoms with Crippen molar-refractivity contribution in [2.45, 2.75) is 0 Å². The number of hydrogen-bond acceptors (Lipinski definition) is 2. The van der Waals surface area contributed by atoms with Crippen molar-refractivity contribution in [2.24, 2.45) is 0 Å². The maximum Gasteiger partial charge on any atom is 0.266 e. The van der Waals surface area contributed by atoms with Crippen LogP contribution in [0.5, 0.6) is 0 Å². The predicted molar refractivity (Wildman–Crippen MR) is 67.9 cm³/mol. The van der Waals surface area contributed by atoms with Crippen LogP contribution in [0, 0.1) is 6.07 Å². The second-order valence-electron chi connectivity index (χ2n) is 3.88. The SMILES string of the molecule is O=C1c2ccccc2C(=O)N1c1[c]ccc(Cl)c1. The molecule has 0 bridgehead atoms. The molecule has 0 unspecified atom stereocenters. The summed E-state index contributed by atoms with van der Waals surface area (Å²) in [6.07, 6.45) is 0. The van der Waals surface area contributed by atoms with E-state index in [-0.39, 0.29) is 11.8 Å². The molecule has 2 aromatic rings. The summed E-state index contributed by atoms with van der Waals surface area (Å²) in [5, 5.41) is 0.459. The molecule has 0 saturated heterocycles. The first-order valence-corrected chi connectivity index (χ1v) is 5.71. The molecule has 0 aromatic heterocycles. The molecule has 0 spiro atoms. The van der Waals surface area contributed by atoms with Gasteiger partial charge in [0.1, 0.15) is 0 Å². The molecule has 1 aliphatic heterocycles. The smallest absolute Gasteiger partial charge is 0.266 e. The van der Waals surface area contributed by atoms with Gasteiger partial charge in [-0.25, -0.2) is 4.90 Å². The molecule has 2 aromatic carbocycles. The Morgan fingerprint density at radius 2 is 1.61 bits per heavy atom. The van der Waals surface area contributed by atoms with Gasteiger partial charge in [-0.2, -0.15) is 0 Å². The summed E-state index contributed by atoms with van der Waals surface area (Å²) in [5.41, 5.74) is 1.19. The maximum absolute atomic E-state index is 12.2. The molecular formula is C14H7ClNO2. The number of hydrogen-bond donors (Lipinski definition) is 0. The van der Waals surface area contributed by atoms with Gasteiger partial charge in [-0.3, -0.25) is 9.59 Å². The number of nitrogens with zero attached hydrogens (tertiary/aromatic N) is 1. The highest BCUT2D eigenvalue weighted by Crippen LogP contribution is 2.29. The Morgan fingerprint density at radius 1 is 1.00 bits per heavy atom. The van der Waals surface area contributed by atoms with Crippen LogP contribution in [-0.4, -0.2) is 11.8 Å². The van der Waals surface area contributed by atoms with Crippen molar-refractivity contribution in [3.63, 3.8) is 0 Å². The van der Waals surface area contributed by atoms with E-state index in [0.717, 1.165) is 4.90 Å². The number of carbonyl (C=O) groups is 2. The molecule has 2 amide bonds. The van der Waals surface area contributed by atoms with Crippen molar-refractivity contribution in [3.05, 3.63) is 64.7 Å². The van der Waals surface area contributed by atoms with Crippen molar-refractivity contribution in [2.75, 3.05) is 4.90 Å². The Bertz CT molecular complexity index is 631. The number of anilines is 1.